The molecule has 4 nitrogen and oxygen atoms in total. The summed E-state index contributed by atoms with van der Waals surface area (Å²) in [6.07, 6.45) is 5.10. The molecule has 98 valence electrons. The molecule has 1 aromatic carbocycles. The van der Waals surface area contributed by atoms with Gasteiger partial charge in [-0.05, 0) is 31.0 Å². The lowest BCUT2D eigenvalue weighted by Gasteiger charge is -2.22. The number of aromatic nitrogens is 2. The minimum Gasteiger partial charge on any atom is -0.316 e. The second-order valence-electron chi connectivity index (χ2n) is 4.98. The van der Waals surface area contributed by atoms with Gasteiger partial charge in [-0.3, -0.25) is 9.89 Å². The summed E-state index contributed by atoms with van der Waals surface area (Å²) in [6, 6.07) is 7.67. The molecule has 0 bridgehead atoms. The zero-order valence-electron chi connectivity index (χ0n) is 10.7. The number of aromatic amines is 1. The molecule has 0 saturated carbocycles. The number of H-pyrrole nitrogens is 1. The first-order valence-corrected chi connectivity index (χ1v) is 6.68. The van der Waals surface area contributed by atoms with Crippen LogP contribution in [0.1, 0.15) is 34.8 Å². The second-order valence-corrected chi connectivity index (χ2v) is 4.98. The first kappa shape index (κ1) is 12.1. The molecule has 4 heteroatoms. The van der Waals surface area contributed by atoms with Gasteiger partial charge in [0, 0.05) is 29.3 Å². The molecule has 1 aromatic heterocycles. The molecule has 1 aliphatic heterocycles. The molecule has 0 radical (unpaired) electrons. The molecule has 0 amide bonds. The van der Waals surface area contributed by atoms with E-state index in [2.05, 4.69) is 15.5 Å². The van der Waals surface area contributed by atoms with E-state index in [9.17, 15) is 4.79 Å². The van der Waals surface area contributed by atoms with Crippen LogP contribution >= 0.6 is 0 Å². The zero-order chi connectivity index (χ0) is 13.1. The largest absolute Gasteiger partial charge is 0.316 e. The van der Waals surface area contributed by atoms with Crippen LogP contribution in [0.3, 0.4) is 0 Å². The Morgan fingerprint density at radius 2 is 2.32 bits per heavy atom. The van der Waals surface area contributed by atoms with Gasteiger partial charge in [0.25, 0.3) is 0 Å². The van der Waals surface area contributed by atoms with Crippen LogP contribution in [0, 0.1) is 0 Å². The molecule has 1 atom stereocenters. The lowest BCUT2D eigenvalue weighted by molar-refractivity contribution is 0.112. The van der Waals surface area contributed by atoms with Gasteiger partial charge < -0.3 is 5.32 Å². The fourth-order valence-corrected chi connectivity index (χ4v) is 2.72. The van der Waals surface area contributed by atoms with E-state index >= 15 is 0 Å². The van der Waals surface area contributed by atoms with Crippen LogP contribution < -0.4 is 5.32 Å². The number of carbonyl (C=O) groups excluding carboxylic acids is 1. The second kappa shape index (κ2) is 5.36. The van der Waals surface area contributed by atoms with Crippen molar-refractivity contribution in [1.29, 1.82) is 0 Å². The van der Waals surface area contributed by atoms with Crippen LogP contribution in [-0.2, 0) is 0 Å². The number of hydrogen-bond acceptors (Lipinski definition) is 3. The Kier molecular flexibility index (Phi) is 3.42. The predicted octanol–water partition coefficient (Wildman–Crippen LogP) is 2.36. The maximum Gasteiger partial charge on any atom is 0.150 e. The summed E-state index contributed by atoms with van der Waals surface area (Å²) in [5, 5.41) is 10.7. The number of rotatable bonds is 3. The highest BCUT2D eigenvalue weighted by molar-refractivity contribution is 5.79. The standard InChI is InChI=1S/C15H17N3O/c19-10-11-3-1-4-12(7-11)14-9-17-18-15(14)13-5-2-6-16-8-13/h1,3-4,7,9-10,13,16H,2,5-6,8H2,(H,17,18). The Morgan fingerprint density at radius 1 is 1.37 bits per heavy atom. The molecule has 0 aliphatic carbocycles. The van der Waals surface area contributed by atoms with E-state index in [1.165, 1.54) is 18.5 Å². The number of nitrogens with one attached hydrogen (secondary N) is 2. The highest BCUT2D eigenvalue weighted by Gasteiger charge is 2.20. The highest BCUT2D eigenvalue weighted by atomic mass is 16.1. The number of carbonyl (C=O) groups is 1. The predicted molar refractivity (Wildman–Crippen MR) is 74.3 cm³/mol. The number of aldehydes is 1. The zero-order valence-corrected chi connectivity index (χ0v) is 10.7. The Morgan fingerprint density at radius 3 is 3.11 bits per heavy atom. The number of hydrogen-bond donors (Lipinski definition) is 2. The molecule has 2 heterocycles. The van der Waals surface area contributed by atoms with Crippen molar-refractivity contribution in [3.63, 3.8) is 0 Å². The molecule has 3 rings (SSSR count). The van der Waals surface area contributed by atoms with Crippen molar-refractivity contribution in [3.05, 3.63) is 41.7 Å². The monoisotopic (exact) mass is 255 g/mol. The molecular formula is C15H17N3O. The lowest BCUT2D eigenvalue weighted by atomic mass is 9.91. The van der Waals surface area contributed by atoms with Crippen LogP contribution in [0.15, 0.2) is 30.5 Å². The minimum atomic E-state index is 0.478. The summed E-state index contributed by atoms with van der Waals surface area (Å²) >= 11 is 0. The highest BCUT2D eigenvalue weighted by Crippen LogP contribution is 2.31. The fourth-order valence-electron chi connectivity index (χ4n) is 2.72. The van der Waals surface area contributed by atoms with Crippen molar-refractivity contribution >= 4 is 6.29 Å². The third-order valence-corrected chi connectivity index (χ3v) is 3.71. The van der Waals surface area contributed by atoms with Gasteiger partial charge in [0.05, 0.1) is 6.20 Å². The van der Waals surface area contributed by atoms with Crippen molar-refractivity contribution in [2.24, 2.45) is 0 Å². The summed E-state index contributed by atoms with van der Waals surface area (Å²) in [6.45, 7) is 2.09. The van der Waals surface area contributed by atoms with Gasteiger partial charge >= 0.3 is 0 Å². The minimum absolute atomic E-state index is 0.478. The molecule has 0 spiro atoms. The van der Waals surface area contributed by atoms with Crippen molar-refractivity contribution in [1.82, 2.24) is 15.5 Å². The Hall–Kier alpha value is -1.94. The van der Waals surface area contributed by atoms with Crippen LogP contribution in [0.4, 0.5) is 0 Å². The smallest absolute Gasteiger partial charge is 0.150 e. The van der Waals surface area contributed by atoms with Gasteiger partial charge in [0.15, 0.2) is 0 Å². The SMILES string of the molecule is O=Cc1cccc(-c2cn[nH]c2C2CCCNC2)c1. The normalized spacial score (nSPS) is 19.3. The summed E-state index contributed by atoms with van der Waals surface area (Å²) in [4.78, 5) is 10.9. The summed E-state index contributed by atoms with van der Waals surface area (Å²) < 4.78 is 0. The quantitative estimate of drug-likeness (QED) is 0.828. The maximum atomic E-state index is 10.9. The van der Waals surface area contributed by atoms with Gasteiger partial charge in [-0.25, -0.2) is 0 Å². The van der Waals surface area contributed by atoms with Gasteiger partial charge in [0.2, 0.25) is 0 Å². The van der Waals surface area contributed by atoms with E-state index in [0.29, 0.717) is 11.5 Å². The van der Waals surface area contributed by atoms with Gasteiger partial charge in [-0.15, -0.1) is 0 Å². The number of piperidine rings is 1. The molecule has 1 saturated heterocycles. The van der Waals surface area contributed by atoms with E-state index < -0.39 is 0 Å². The van der Waals surface area contributed by atoms with Crippen molar-refractivity contribution in [2.45, 2.75) is 18.8 Å². The Balaban J connectivity index is 1.96. The molecule has 2 aromatic rings. The van der Waals surface area contributed by atoms with E-state index in [1.807, 2.05) is 30.5 Å². The van der Waals surface area contributed by atoms with Gasteiger partial charge in [0.1, 0.15) is 6.29 Å². The van der Waals surface area contributed by atoms with E-state index in [1.54, 1.807) is 0 Å². The first-order valence-electron chi connectivity index (χ1n) is 6.68. The molecule has 19 heavy (non-hydrogen) atoms. The Labute approximate surface area is 112 Å². The average Bonchev–Trinajstić information content (AvgIpc) is 2.98. The summed E-state index contributed by atoms with van der Waals surface area (Å²) in [5.41, 5.74) is 4.04. The van der Waals surface area contributed by atoms with Crippen molar-refractivity contribution in [2.75, 3.05) is 13.1 Å². The van der Waals surface area contributed by atoms with Gasteiger partial charge in [-0.2, -0.15) is 5.10 Å². The van der Waals surface area contributed by atoms with Gasteiger partial charge in [-0.1, -0.05) is 18.2 Å². The van der Waals surface area contributed by atoms with Crippen molar-refractivity contribution < 1.29 is 4.79 Å². The topological polar surface area (TPSA) is 57.8 Å². The average molecular weight is 255 g/mol. The van der Waals surface area contributed by atoms with E-state index in [4.69, 9.17) is 0 Å². The Bertz CT molecular complexity index is 570. The van der Waals surface area contributed by atoms with Crippen molar-refractivity contribution in [3.8, 4) is 11.1 Å². The van der Waals surface area contributed by atoms with E-state index in [-0.39, 0.29) is 0 Å². The van der Waals surface area contributed by atoms with Crippen LogP contribution in [0.5, 0.6) is 0 Å². The molecule has 1 fully saturated rings. The maximum absolute atomic E-state index is 10.9. The third kappa shape index (κ3) is 2.44. The van der Waals surface area contributed by atoms with E-state index in [0.717, 1.165) is 30.5 Å². The van der Waals surface area contributed by atoms with Crippen LogP contribution in [0.2, 0.25) is 0 Å². The lowest BCUT2D eigenvalue weighted by Crippen LogP contribution is -2.28. The molecule has 2 N–H and O–H groups in total. The molecule has 1 unspecified atom stereocenters. The summed E-state index contributed by atoms with van der Waals surface area (Å²) in [5.74, 6) is 0.478. The molecular weight excluding hydrogens is 238 g/mol. The summed E-state index contributed by atoms with van der Waals surface area (Å²) in [7, 11) is 0. The number of benzene rings is 1. The fraction of sp³-hybridized carbons (Fsp3) is 0.333. The first-order chi connectivity index (χ1) is 9.38. The van der Waals surface area contributed by atoms with Crippen LogP contribution in [-0.4, -0.2) is 29.6 Å². The number of nitrogens with zero attached hydrogens (tertiary/aromatic N) is 1. The van der Waals surface area contributed by atoms with Crippen LogP contribution in [0.25, 0.3) is 11.1 Å². The third-order valence-electron chi connectivity index (χ3n) is 3.71. The molecule has 1 aliphatic rings.